The maximum Gasteiger partial charge on any atom is 0.413 e. The highest BCUT2D eigenvalue weighted by atomic mass is 16.6. The molecule has 0 saturated heterocycles. The molecular formula is C29H28N4O11. The first-order valence-corrected chi connectivity index (χ1v) is 13.7. The van der Waals surface area contributed by atoms with Crippen LogP contribution in [0.4, 0.5) is 4.79 Å². The predicted octanol–water partition coefficient (Wildman–Crippen LogP) is 0.775. The maximum absolute atomic E-state index is 13.5. The van der Waals surface area contributed by atoms with Crippen LogP contribution in [-0.2, 0) is 49.1 Å². The molecule has 5 rings (SSSR count). The first-order valence-electron chi connectivity index (χ1n) is 13.7. The lowest BCUT2D eigenvalue weighted by molar-refractivity contribution is -0.172. The fourth-order valence-corrected chi connectivity index (χ4v) is 5.52. The van der Waals surface area contributed by atoms with Gasteiger partial charge in [-0.3, -0.25) is 14.4 Å². The number of amides is 2. The molecule has 230 valence electrons. The monoisotopic (exact) mass is 608 g/mol. The highest BCUT2D eigenvalue weighted by Gasteiger charge is 2.45. The Bertz CT molecular complexity index is 1820. The normalized spacial score (nSPS) is 17.1. The van der Waals surface area contributed by atoms with E-state index in [0.717, 1.165) is 11.1 Å². The number of aliphatic hydroxyl groups is 1. The average Bonchev–Trinajstić information content (AvgIpc) is 3.35. The van der Waals surface area contributed by atoms with E-state index in [-0.39, 0.29) is 42.0 Å². The van der Waals surface area contributed by atoms with Gasteiger partial charge < -0.3 is 40.0 Å². The van der Waals surface area contributed by atoms with Crippen LogP contribution >= 0.6 is 0 Å². The molecule has 0 spiro atoms. The summed E-state index contributed by atoms with van der Waals surface area (Å²) >= 11 is 0. The Labute approximate surface area is 248 Å². The van der Waals surface area contributed by atoms with Crippen LogP contribution < -0.4 is 20.9 Å². The zero-order chi connectivity index (χ0) is 31.9. The Hall–Kier alpha value is -5.31. The van der Waals surface area contributed by atoms with Crippen molar-refractivity contribution in [2.45, 2.75) is 57.9 Å². The summed E-state index contributed by atoms with van der Waals surface area (Å²) in [5.74, 6) is -4.57. The van der Waals surface area contributed by atoms with E-state index in [0.29, 0.717) is 28.7 Å². The molecule has 2 amide bonds. The molecule has 1 aromatic carbocycles. The number of aromatic nitrogens is 2. The number of hydrogen-bond acceptors (Lipinski definition) is 10. The molecule has 15 nitrogen and oxygen atoms in total. The molecule has 0 saturated carbocycles. The van der Waals surface area contributed by atoms with Gasteiger partial charge in [0.05, 0.1) is 35.4 Å². The van der Waals surface area contributed by atoms with Gasteiger partial charge in [-0.1, -0.05) is 13.8 Å². The van der Waals surface area contributed by atoms with Crippen LogP contribution in [0.1, 0.15) is 48.9 Å². The SMILES string of the molecule is CCc1c2c(nc3ccc(OC(=O)NCC(=O)NC(CC(=O)O)C(=O)O)cc13)-c1cc3c(c(=O)n1C2)COC(=O)[C@]3(O)CC. The van der Waals surface area contributed by atoms with E-state index >= 15 is 0 Å². The second-order valence-corrected chi connectivity index (χ2v) is 10.4. The number of nitrogens with zero attached hydrogens (tertiary/aromatic N) is 2. The number of hydrogen-bond donors (Lipinski definition) is 5. The van der Waals surface area contributed by atoms with E-state index in [4.69, 9.17) is 24.7 Å². The van der Waals surface area contributed by atoms with Gasteiger partial charge in [-0.25, -0.2) is 19.4 Å². The smallest absolute Gasteiger partial charge is 0.413 e. The van der Waals surface area contributed by atoms with E-state index in [1.807, 2.05) is 12.2 Å². The number of ether oxygens (including phenoxy) is 2. The first kappa shape index (κ1) is 30.2. The summed E-state index contributed by atoms with van der Waals surface area (Å²) in [4.78, 5) is 77.0. The van der Waals surface area contributed by atoms with Gasteiger partial charge in [-0.15, -0.1) is 0 Å². The number of carboxylic acid groups (broad SMARTS) is 2. The number of carbonyl (C=O) groups is 5. The van der Waals surface area contributed by atoms with Crippen LogP contribution in [0.15, 0.2) is 29.1 Å². The van der Waals surface area contributed by atoms with Crippen molar-refractivity contribution in [2.24, 2.45) is 0 Å². The number of benzene rings is 1. The number of aliphatic carboxylic acids is 2. The minimum absolute atomic E-state index is 0.0224. The molecule has 4 heterocycles. The summed E-state index contributed by atoms with van der Waals surface area (Å²) in [5, 5.41) is 33.8. The van der Waals surface area contributed by atoms with E-state index in [1.165, 1.54) is 10.6 Å². The molecule has 2 atom stereocenters. The van der Waals surface area contributed by atoms with Crippen molar-refractivity contribution in [1.82, 2.24) is 20.2 Å². The van der Waals surface area contributed by atoms with Crippen LogP contribution in [0.2, 0.25) is 0 Å². The van der Waals surface area contributed by atoms with Crippen molar-refractivity contribution in [3.8, 4) is 17.1 Å². The van der Waals surface area contributed by atoms with Gasteiger partial charge in [0, 0.05) is 16.5 Å². The summed E-state index contributed by atoms with van der Waals surface area (Å²) in [6, 6.07) is 4.65. The highest BCUT2D eigenvalue weighted by molar-refractivity contribution is 5.91. The van der Waals surface area contributed by atoms with Gasteiger partial charge in [-0.05, 0) is 42.7 Å². The third-order valence-corrected chi connectivity index (χ3v) is 7.75. The first-order chi connectivity index (χ1) is 20.9. The van der Waals surface area contributed by atoms with Crippen molar-refractivity contribution in [1.29, 1.82) is 0 Å². The zero-order valence-corrected chi connectivity index (χ0v) is 23.6. The fourth-order valence-electron chi connectivity index (χ4n) is 5.52. The standard InChI is InChI=1S/C29H28N4O11/c1-3-14-15-7-13(44-28(41)30-10-22(34)31-20(26(38)39)9-23(35)36)5-6-19(15)32-24-16(14)11-33-21(24)8-18-17(25(33)37)12-43-27(40)29(18,42)4-2/h5-8,20,42H,3-4,9-12H2,1-2H3,(H,30,41)(H,31,34)(H,35,36)(H,38,39)/t20?,29-/m0/s1. The topological polar surface area (TPSA) is 223 Å². The summed E-state index contributed by atoms with van der Waals surface area (Å²) in [7, 11) is 0. The van der Waals surface area contributed by atoms with E-state index < -0.39 is 54.5 Å². The number of aryl methyl sites for hydroxylation is 1. The van der Waals surface area contributed by atoms with Crippen LogP contribution in [0.25, 0.3) is 22.3 Å². The number of cyclic esters (lactones) is 1. The van der Waals surface area contributed by atoms with Crippen molar-refractivity contribution in [3.63, 3.8) is 0 Å². The summed E-state index contributed by atoms with van der Waals surface area (Å²) in [6.07, 6.45) is -1.30. The largest absolute Gasteiger partial charge is 0.481 e. The summed E-state index contributed by atoms with van der Waals surface area (Å²) in [5.41, 5.74) is 1.23. The molecule has 2 aliphatic rings. The van der Waals surface area contributed by atoms with Crippen LogP contribution in [0.3, 0.4) is 0 Å². The lowest BCUT2D eigenvalue weighted by atomic mass is 9.86. The minimum atomic E-state index is -1.94. The number of carbonyl (C=O) groups excluding carboxylic acids is 3. The molecule has 0 radical (unpaired) electrons. The third kappa shape index (κ3) is 5.21. The van der Waals surface area contributed by atoms with Gasteiger partial charge >= 0.3 is 24.0 Å². The molecular weight excluding hydrogens is 580 g/mol. The van der Waals surface area contributed by atoms with Crippen LogP contribution in [0, 0.1) is 0 Å². The molecule has 3 aromatic rings. The summed E-state index contributed by atoms with van der Waals surface area (Å²) < 4.78 is 12.0. The Balaban J connectivity index is 1.39. The number of esters is 1. The molecule has 2 aliphatic heterocycles. The maximum atomic E-state index is 13.5. The molecule has 5 N–H and O–H groups in total. The number of pyridine rings is 2. The zero-order valence-electron chi connectivity index (χ0n) is 23.6. The molecule has 2 aromatic heterocycles. The molecule has 15 heteroatoms. The van der Waals surface area contributed by atoms with Crippen LogP contribution in [-0.4, -0.2) is 67.4 Å². The Morgan fingerprint density at radius 2 is 1.89 bits per heavy atom. The molecule has 0 bridgehead atoms. The number of carboxylic acids is 2. The van der Waals surface area contributed by atoms with Crippen molar-refractivity contribution in [2.75, 3.05) is 6.54 Å². The van der Waals surface area contributed by atoms with Gasteiger partial charge in [0.1, 0.15) is 24.9 Å². The van der Waals surface area contributed by atoms with Crippen molar-refractivity contribution >= 4 is 40.8 Å². The van der Waals surface area contributed by atoms with E-state index in [2.05, 4.69) is 5.32 Å². The predicted molar refractivity (Wildman–Crippen MR) is 150 cm³/mol. The van der Waals surface area contributed by atoms with E-state index in [1.54, 1.807) is 25.1 Å². The van der Waals surface area contributed by atoms with Gasteiger partial charge in [0.25, 0.3) is 5.56 Å². The molecule has 1 unspecified atom stereocenters. The van der Waals surface area contributed by atoms with Gasteiger partial charge in [0.15, 0.2) is 5.60 Å². The molecule has 0 fully saturated rings. The molecule has 44 heavy (non-hydrogen) atoms. The Morgan fingerprint density at radius 1 is 1.14 bits per heavy atom. The van der Waals surface area contributed by atoms with Crippen molar-refractivity contribution in [3.05, 3.63) is 56.9 Å². The Morgan fingerprint density at radius 3 is 2.55 bits per heavy atom. The minimum Gasteiger partial charge on any atom is -0.481 e. The quantitative estimate of drug-likeness (QED) is 0.166. The highest BCUT2D eigenvalue weighted by Crippen LogP contribution is 2.40. The summed E-state index contributed by atoms with van der Waals surface area (Å²) in [6.45, 7) is 2.84. The molecule has 0 aliphatic carbocycles. The second kappa shape index (κ2) is 11.4. The Kier molecular flexibility index (Phi) is 7.82. The van der Waals surface area contributed by atoms with E-state index in [9.17, 15) is 33.9 Å². The lowest BCUT2D eigenvalue weighted by Gasteiger charge is -2.31. The van der Waals surface area contributed by atoms with Gasteiger partial charge in [0.2, 0.25) is 5.91 Å². The number of rotatable bonds is 9. The fraction of sp³-hybridized carbons (Fsp3) is 0.345. The van der Waals surface area contributed by atoms with Crippen LogP contribution in [0.5, 0.6) is 5.75 Å². The lowest BCUT2D eigenvalue weighted by Crippen LogP contribution is -2.46. The number of nitrogens with one attached hydrogen (secondary N) is 2. The van der Waals surface area contributed by atoms with Crippen molar-refractivity contribution < 1.29 is 48.8 Å². The van der Waals surface area contributed by atoms with Gasteiger partial charge in [-0.2, -0.15) is 0 Å². The third-order valence-electron chi connectivity index (χ3n) is 7.75. The second-order valence-electron chi connectivity index (χ2n) is 10.4. The number of fused-ring (bicyclic) bond motifs is 5. The average molecular weight is 609 g/mol.